The Morgan fingerprint density at radius 3 is 3.33 bits per heavy atom. The second-order valence-corrected chi connectivity index (χ2v) is 4.64. The van der Waals surface area contributed by atoms with E-state index < -0.39 is 0 Å². The molecule has 0 bridgehead atoms. The molecule has 1 aliphatic rings. The molecule has 0 saturated heterocycles. The van der Waals surface area contributed by atoms with Gasteiger partial charge in [0.25, 0.3) is 0 Å². The quantitative estimate of drug-likeness (QED) is 0.801. The van der Waals surface area contributed by atoms with E-state index in [1.807, 2.05) is 6.92 Å². The number of aromatic nitrogens is 1. The standard InChI is InChI=1S/C11H12N2OS/c1-7-6-10(15-13-7)11-8-3-5-14-9(8)2-4-12-11/h3,5-6,11-12H,2,4H2,1H3. The third-order valence-electron chi connectivity index (χ3n) is 2.72. The van der Waals surface area contributed by atoms with E-state index in [0.717, 1.165) is 24.4 Å². The molecular formula is C11H12N2OS. The van der Waals surface area contributed by atoms with Gasteiger partial charge in [-0.3, -0.25) is 0 Å². The van der Waals surface area contributed by atoms with E-state index in [0.29, 0.717) is 0 Å². The van der Waals surface area contributed by atoms with Crippen molar-refractivity contribution in [1.29, 1.82) is 0 Å². The number of fused-ring (bicyclic) bond motifs is 1. The Hall–Kier alpha value is -1.13. The number of nitrogens with one attached hydrogen (secondary N) is 1. The summed E-state index contributed by atoms with van der Waals surface area (Å²) in [6.07, 6.45) is 2.76. The zero-order valence-electron chi connectivity index (χ0n) is 8.49. The molecular weight excluding hydrogens is 208 g/mol. The molecule has 3 heterocycles. The zero-order chi connectivity index (χ0) is 10.3. The minimum Gasteiger partial charge on any atom is -0.469 e. The molecule has 0 spiro atoms. The zero-order valence-corrected chi connectivity index (χ0v) is 9.30. The maximum absolute atomic E-state index is 5.46. The molecule has 78 valence electrons. The van der Waals surface area contributed by atoms with E-state index in [4.69, 9.17) is 4.42 Å². The molecule has 0 amide bonds. The summed E-state index contributed by atoms with van der Waals surface area (Å²) in [5, 5.41) is 3.50. The summed E-state index contributed by atoms with van der Waals surface area (Å²) in [6.45, 7) is 3.00. The number of aryl methyl sites for hydroxylation is 1. The fourth-order valence-electron chi connectivity index (χ4n) is 2.02. The molecule has 0 radical (unpaired) electrons. The molecule has 0 fully saturated rings. The van der Waals surface area contributed by atoms with E-state index in [9.17, 15) is 0 Å². The van der Waals surface area contributed by atoms with Crippen LogP contribution in [0.3, 0.4) is 0 Å². The minimum absolute atomic E-state index is 0.277. The molecule has 1 unspecified atom stereocenters. The first-order chi connectivity index (χ1) is 7.34. The molecule has 3 rings (SSSR count). The van der Waals surface area contributed by atoms with Gasteiger partial charge in [-0.2, -0.15) is 4.37 Å². The molecule has 1 N–H and O–H groups in total. The van der Waals surface area contributed by atoms with Crippen molar-refractivity contribution in [1.82, 2.24) is 9.69 Å². The van der Waals surface area contributed by atoms with E-state index in [2.05, 4.69) is 21.8 Å². The molecule has 2 aromatic heterocycles. The van der Waals surface area contributed by atoms with Crippen molar-refractivity contribution in [3.8, 4) is 0 Å². The Balaban J connectivity index is 2.02. The first-order valence-corrected chi connectivity index (χ1v) is 5.85. The van der Waals surface area contributed by atoms with Crippen molar-refractivity contribution < 1.29 is 4.42 Å². The largest absolute Gasteiger partial charge is 0.469 e. The van der Waals surface area contributed by atoms with Crippen LogP contribution < -0.4 is 5.32 Å². The van der Waals surface area contributed by atoms with Gasteiger partial charge in [-0.15, -0.1) is 0 Å². The summed E-state index contributed by atoms with van der Waals surface area (Å²) in [5.74, 6) is 1.12. The monoisotopic (exact) mass is 220 g/mol. The second-order valence-electron chi connectivity index (χ2n) is 3.81. The van der Waals surface area contributed by atoms with Crippen LogP contribution in [0.2, 0.25) is 0 Å². The Morgan fingerprint density at radius 2 is 2.53 bits per heavy atom. The molecule has 4 heteroatoms. The van der Waals surface area contributed by atoms with Gasteiger partial charge < -0.3 is 9.73 Å². The van der Waals surface area contributed by atoms with Crippen molar-refractivity contribution in [2.45, 2.75) is 19.4 Å². The average molecular weight is 220 g/mol. The van der Waals surface area contributed by atoms with Gasteiger partial charge in [0.05, 0.1) is 18.0 Å². The topological polar surface area (TPSA) is 38.1 Å². The molecule has 0 aliphatic carbocycles. The SMILES string of the molecule is Cc1cc(C2NCCc3occc32)sn1. The lowest BCUT2D eigenvalue weighted by Gasteiger charge is -2.21. The summed E-state index contributed by atoms with van der Waals surface area (Å²) >= 11 is 1.57. The molecule has 2 aromatic rings. The van der Waals surface area contributed by atoms with Crippen LogP contribution in [0.25, 0.3) is 0 Å². The van der Waals surface area contributed by atoms with Crippen LogP contribution in [0, 0.1) is 6.92 Å². The average Bonchev–Trinajstić information content (AvgIpc) is 2.84. The smallest absolute Gasteiger partial charge is 0.110 e. The highest BCUT2D eigenvalue weighted by Gasteiger charge is 2.24. The van der Waals surface area contributed by atoms with Crippen molar-refractivity contribution in [2.75, 3.05) is 6.54 Å². The Labute approximate surface area is 92.3 Å². The lowest BCUT2D eigenvalue weighted by Crippen LogP contribution is -2.29. The fraction of sp³-hybridized carbons (Fsp3) is 0.364. The van der Waals surface area contributed by atoms with E-state index in [-0.39, 0.29) is 6.04 Å². The van der Waals surface area contributed by atoms with Crippen LogP contribution >= 0.6 is 11.5 Å². The Morgan fingerprint density at radius 1 is 1.60 bits per heavy atom. The van der Waals surface area contributed by atoms with E-state index >= 15 is 0 Å². The predicted molar refractivity (Wildman–Crippen MR) is 59.1 cm³/mol. The van der Waals surface area contributed by atoms with Crippen LogP contribution in [0.4, 0.5) is 0 Å². The predicted octanol–water partition coefficient (Wildman–Crippen LogP) is 2.28. The lowest BCUT2D eigenvalue weighted by atomic mass is 10.0. The summed E-state index contributed by atoms with van der Waals surface area (Å²) in [4.78, 5) is 1.27. The van der Waals surface area contributed by atoms with Crippen LogP contribution in [0.1, 0.15) is 27.9 Å². The molecule has 0 aromatic carbocycles. The van der Waals surface area contributed by atoms with Gasteiger partial charge in [0.1, 0.15) is 5.76 Å². The van der Waals surface area contributed by atoms with Gasteiger partial charge in [0.2, 0.25) is 0 Å². The van der Waals surface area contributed by atoms with E-state index in [1.54, 1.807) is 17.8 Å². The maximum atomic E-state index is 5.46. The van der Waals surface area contributed by atoms with Crippen LogP contribution in [0.5, 0.6) is 0 Å². The normalized spacial score (nSPS) is 20.2. The molecule has 1 aliphatic heterocycles. The van der Waals surface area contributed by atoms with Crippen LogP contribution in [-0.4, -0.2) is 10.9 Å². The first-order valence-electron chi connectivity index (χ1n) is 5.07. The highest BCUT2D eigenvalue weighted by atomic mass is 32.1. The minimum atomic E-state index is 0.277. The van der Waals surface area contributed by atoms with Crippen molar-refractivity contribution in [3.05, 3.63) is 40.3 Å². The van der Waals surface area contributed by atoms with E-state index in [1.165, 1.54) is 10.4 Å². The van der Waals surface area contributed by atoms with Crippen molar-refractivity contribution in [3.63, 3.8) is 0 Å². The van der Waals surface area contributed by atoms with Crippen molar-refractivity contribution >= 4 is 11.5 Å². The maximum Gasteiger partial charge on any atom is 0.110 e. The Bertz CT molecular complexity index is 474. The molecule has 1 atom stereocenters. The number of hydrogen-bond donors (Lipinski definition) is 1. The Kier molecular flexibility index (Phi) is 2.11. The number of hydrogen-bond acceptors (Lipinski definition) is 4. The summed E-state index contributed by atoms with van der Waals surface area (Å²) in [6, 6.07) is 4.48. The fourth-order valence-corrected chi connectivity index (χ4v) is 2.87. The van der Waals surface area contributed by atoms with Crippen molar-refractivity contribution in [2.24, 2.45) is 0 Å². The van der Waals surface area contributed by atoms with Gasteiger partial charge >= 0.3 is 0 Å². The first kappa shape index (κ1) is 9.12. The third kappa shape index (κ3) is 1.50. The van der Waals surface area contributed by atoms with Gasteiger partial charge in [-0.25, -0.2) is 0 Å². The summed E-state index contributed by atoms with van der Waals surface area (Å²) < 4.78 is 9.78. The summed E-state index contributed by atoms with van der Waals surface area (Å²) in [5.41, 5.74) is 2.36. The molecule has 3 nitrogen and oxygen atoms in total. The number of furan rings is 1. The van der Waals surface area contributed by atoms with Gasteiger partial charge in [0.15, 0.2) is 0 Å². The van der Waals surface area contributed by atoms with Gasteiger partial charge in [0, 0.05) is 23.4 Å². The number of rotatable bonds is 1. The lowest BCUT2D eigenvalue weighted by molar-refractivity contribution is 0.458. The van der Waals surface area contributed by atoms with Crippen LogP contribution in [0.15, 0.2) is 22.8 Å². The number of nitrogens with zero attached hydrogens (tertiary/aromatic N) is 1. The summed E-state index contributed by atoms with van der Waals surface area (Å²) in [7, 11) is 0. The highest BCUT2D eigenvalue weighted by molar-refractivity contribution is 7.05. The van der Waals surface area contributed by atoms with Gasteiger partial charge in [-0.1, -0.05) is 0 Å². The molecule has 0 saturated carbocycles. The highest BCUT2D eigenvalue weighted by Crippen LogP contribution is 2.31. The molecule has 15 heavy (non-hydrogen) atoms. The third-order valence-corrected chi connectivity index (χ3v) is 3.67. The second kappa shape index (κ2) is 3.47. The van der Waals surface area contributed by atoms with Gasteiger partial charge in [-0.05, 0) is 30.6 Å². The van der Waals surface area contributed by atoms with Crippen LogP contribution in [-0.2, 0) is 6.42 Å².